The Kier molecular flexibility index (Phi) is 5.58. The SMILES string of the molecule is CCN=C1S/C(=C\c2cc(C)n(-c3cccc(Cl)c3)c2C)C(=O)N1CC. The molecule has 0 unspecified atom stereocenters. The van der Waals surface area contributed by atoms with E-state index in [4.69, 9.17) is 11.6 Å². The maximum atomic E-state index is 12.7. The van der Waals surface area contributed by atoms with Gasteiger partial charge in [0.1, 0.15) is 0 Å². The maximum absolute atomic E-state index is 12.7. The number of nitrogens with zero attached hydrogens (tertiary/aromatic N) is 3. The molecule has 1 aliphatic heterocycles. The molecule has 0 aliphatic carbocycles. The lowest BCUT2D eigenvalue weighted by molar-refractivity contribution is -0.122. The van der Waals surface area contributed by atoms with Crippen molar-refractivity contribution < 1.29 is 4.79 Å². The molecule has 0 bridgehead atoms. The summed E-state index contributed by atoms with van der Waals surface area (Å²) in [4.78, 5) is 19.6. The molecule has 0 atom stereocenters. The maximum Gasteiger partial charge on any atom is 0.266 e. The summed E-state index contributed by atoms with van der Waals surface area (Å²) >= 11 is 7.60. The predicted octanol–water partition coefficient (Wildman–Crippen LogP) is 5.06. The Balaban J connectivity index is 2.02. The number of carbonyl (C=O) groups is 1. The number of aryl methyl sites for hydroxylation is 1. The third kappa shape index (κ3) is 3.46. The van der Waals surface area contributed by atoms with Gasteiger partial charge in [-0.1, -0.05) is 17.7 Å². The van der Waals surface area contributed by atoms with Gasteiger partial charge in [0, 0.05) is 35.2 Å². The fraction of sp³-hybridized carbons (Fsp3) is 0.300. The van der Waals surface area contributed by atoms with Gasteiger partial charge in [-0.25, -0.2) is 0 Å². The number of rotatable bonds is 4. The standard InChI is InChI=1S/C20H22ClN3OS/c1-5-22-20-23(6-2)19(25)18(26-20)11-15-10-13(3)24(14(15)4)17-9-7-8-16(21)12-17/h7-12H,5-6H2,1-4H3/b18-11-,22-20?. The van der Waals surface area contributed by atoms with Crippen molar-refractivity contribution in [2.45, 2.75) is 27.7 Å². The number of amidine groups is 1. The second-order valence-corrected chi connectivity index (χ2v) is 7.50. The van der Waals surface area contributed by atoms with Crippen molar-refractivity contribution in [1.82, 2.24) is 9.47 Å². The second-order valence-electron chi connectivity index (χ2n) is 6.06. The van der Waals surface area contributed by atoms with Crippen LogP contribution in [0.25, 0.3) is 11.8 Å². The number of carbonyl (C=O) groups excluding carboxylic acids is 1. The number of likely N-dealkylation sites (N-methyl/N-ethyl adjacent to an activating group) is 1. The van der Waals surface area contributed by atoms with Crippen molar-refractivity contribution in [1.29, 1.82) is 0 Å². The van der Waals surface area contributed by atoms with Crippen molar-refractivity contribution in [3.05, 3.63) is 57.2 Å². The highest BCUT2D eigenvalue weighted by atomic mass is 35.5. The number of hydrogen-bond acceptors (Lipinski definition) is 3. The highest BCUT2D eigenvalue weighted by Gasteiger charge is 2.32. The van der Waals surface area contributed by atoms with Crippen LogP contribution in [0.15, 0.2) is 40.2 Å². The highest BCUT2D eigenvalue weighted by Crippen LogP contribution is 2.34. The molecule has 2 aromatic rings. The minimum absolute atomic E-state index is 0.0252. The van der Waals surface area contributed by atoms with Gasteiger partial charge in [-0.3, -0.25) is 14.7 Å². The van der Waals surface area contributed by atoms with E-state index in [1.165, 1.54) is 11.8 Å². The van der Waals surface area contributed by atoms with E-state index in [2.05, 4.69) is 29.5 Å². The van der Waals surface area contributed by atoms with Crippen molar-refractivity contribution in [3.63, 3.8) is 0 Å². The molecule has 26 heavy (non-hydrogen) atoms. The minimum atomic E-state index is 0.0252. The monoisotopic (exact) mass is 387 g/mol. The van der Waals surface area contributed by atoms with Gasteiger partial charge >= 0.3 is 0 Å². The summed E-state index contributed by atoms with van der Waals surface area (Å²) in [5.41, 5.74) is 4.23. The number of benzene rings is 1. The van der Waals surface area contributed by atoms with Crippen molar-refractivity contribution in [3.8, 4) is 5.69 Å². The lowest BCUT2D eigenvalue weighted by atomic mass is 10.2. The summed E-state index contributed by atoms with van der Waals surface area (Å²) in [6.07, 6.45) is 1.97. The number of hydrogen-bond donors (Lipinski definition) is 0. The molecule has 1 aliphatic rings. The number of amides is 1. The third-order valence-electron chi connectivity index (χ3n) is 4.32. The van der Waals surface area contributed by atoms with Gasteiger partial charge < -0.3 is 4.57 Å². The summed E-state index contributed by atoms with van der Waals surface area (Å²) < 4.78 is 2.15. The summed E-state index contributed by atoms with van der Waals surface area (Å²) in [5, 5.41) is 1.49. The fourth-order valence-corrected chi connectivity index (χ4v) is 4.41. The van der Waals surface area contributed by atoms with Crippen LogP contribution in [0.3, 0.4) is 0 Å². The van der Waals surface area contributed by atoms with E-state index in [0.29, 0.717) is 23.0 Å². The largest absolute Gasteiger partial charge is 0.318 e. The van der Waals surface area contributed by atoms with E-state index < -0.39 is 0 Å². The van der Waals surface area contributed by atoms with Gasteiger partial charge in [0.25, 0.3) is 5.91 Å². The van der Waals surface area contributed by atoms with Gasteiger partial charge in [0.15, 0.2) is 5.17 Å². The van der Waals surface area contributed by atoms with Crippen LogP contribution in [0.2, 0.25) is 5.02 Å². The van der Waals surface area contributed by atoms with E-state index in [-0.39, 0.29) is 5.91 Å². The Labute approximate surface area is 163 Å². The summed E-state index contributed by atoms with van der Waals surface area (Å²) in [6.45, 7) is 9.36. The molecule has 6 heteroatoms. The Morgan fingerprint density at radius 1 is 1.23 bits per heavy atom. The Morgan fingerprint density at radius 2 is 2.00 bits per heavy atom. The molecule has 1 saturated heterocycles. The van der Waals surface area contributed by atoms with E-state index in [9.17, 15) is 4.79 Å². The summed E-state index contributed by atoms with van der Waals surface area (Å²) in [5.74, 6) is 0.0252. The quantitative estimate of drug-likeness (QED) is 0.687. The number of aliphatic imine (C=N–C) groups is 1. The van der Waals surface area contributed by atoms with Crippen molar-refractivity contribution >= 4 is 40.5 Å². The average Bonchev–Trinajstić information content (AvgIpc) is 3.04. The molecule has 0 radical (unpaired) electrons. The Hall–Kier alpha value is -1.98. The molecular weight excluding hydrogens is 366 g/mol. The van der Waals surface area contributed by atoms with E-state index in [1.54, 1.807) is 4.90 Å². The van der Waals surface area contributed by atoms with Gasteiger partial charge in [0.2, 0.25) is 0 Å². The molecule has 2 heterocycles. The molecular formula is C20H22ClN3OS. The van der Waals surface area contributed by atoms with Crippen LogP contribution in [-0.4, -0.2) is 33.6 Å². The van der Waals surface area contributed by atoms with E-state index >= 15 is 0 Å². The molecule has 1 fully saturated rings. The Bertz CT molecular complexity index is 914. The van der Waals surface area contributed by atoms with Gasteiger partial charge in [0.05, 0.1) is 4.91 Å². The number of halogens is 1. The predicted molar refractivity (Wildman–Crippen MR) is 111 cm³/mol. The first-order chi connectivity index (χ1) is 12.5. The molecule has 1 aromatic carbocycles. The van der Waals surface area contributed by atoms with E-state index in [0.717, 1.165) is 27.8 Å². The molecule has 4 nitrogen and oxygen atoms in total. The number of thioether (sulfide) groups is 1. The zero-order chi connectivity index (χ0) is 18.8. The van der Waals surface area contributed by atoms with Gasteiger partial charge in [-0.05, 0) is 75.4 Å². The zero-order valence-electron chi connectivity index (χ0n) is 15.4. The first-order valence-corrected chi connectivity index (χ1v) is 9.86. The molecule has 0 spiro atoms. The van der Waals surface area contributed by atoms with Gasteiger partial charge in [-0.2, -0.15) is 0 Å². The normalized spacial score (nSPS) is 17.7. The van der Waals surface area contributed by atoms with Gasteiger partial charge in [-0.15, -0.1) is 0 Å². The summed E-state index contributed by atoms with van der Waals surface area (Å²) in [7, 11) is 0. The molecule has 0 N–H and O–H groups in total. The molecule has 136 valence electrons. The van der Waals surface area contributed by atoms with Crippen LogP contribution in [0.1, 0.15) is 30.8 Å². The van der Waals surface area contributed by atoms with E-state index in [1.807, 2.05) is 44.2 Å². The lowest BCUT2D eigenvalue weighted by Crippen LogP contribution is -2.28. The van der Waals surface area contributed by atoms with Crippen LogP contribution in [-0.2, 0) is 4.79 Å². The molecule has 0 saturated carbocycles. The first kappa shape index (κ1) is 18.8. The van der Waals surface area contributed by atoms with Crippen LogP contribution in [0.5, 0.6) is 0 Å². The van der Waals surface area contributed by atoms with Crippen LogP contribution in [0, 0.1) is 13.8 Å². The smallest absolute Gasteiger partial charge is 0.266 e. The molecule has 1 amide bonds. The van der Waals surface area contributed by atoms with Crippen molar-refractivity contribution in [2.24, 2.45) is 4.99 Å². The molecule has 1 aromatic heterocycles. The first-order valence-electron chi connectivity index (χ1n) is 8.67. The lowest BCUT2D eigenvalue weighted by Gasteiger charge is -2.11. The fourth-order valence-electron chi connectivity index (χ4n) is 3.13. The zero-order valence-corrected chi connectivity index (χ0v) is 17.0. The highest BCUT2D eigenvalue weighted by molar-refractivity contribution is 8.18. The number of aromatic nitrogens is 1. The van der Waals surface area contributed by atoms with Crippen LogP contribution < -0.4 is 0 Å². The van der Waals surface area contributed by atoms with Crippen LogP contribution in [0.4, 0.5) is 0 Å². The average molecular weight is 388 g/mol. The summed E-state index contributed by atoms with van der Waals surface area (Å²) in [6, 6.07) is 9.88. The minimum Gasteiger partial charge on any atom is -0.318 e. The van der Waals surface area contributed by atoms with Crippen LogP contribution >= 0.6 is 23.4 Å². The topological polar surface area (TPSA) is 37.6 Å². The third-order valence-corrected chi connectivity index (χ3v) is 5.60. The van der Waals surface area contributed by atoms with Crippen molar-refractivity contribution in [2.75, 3.05) is 13.1 Å². The Morgan fingerprint density at radius 3 is 2.65 bits per heavy atom. The second kappa shape index (κ2) is 7.72. The molecule has 3 rings (SSSR count).